The van der Waals surface area contributed by atoms with Crippen LogP contribution >= 0.6 is 0 Å². The summed E-state index contributed by atoms with van der Waals surface area (Å²) in [6.07, 6.45) is 3.18. The standard InChI is InChI=1S/C15H18FNO2/c16-13-3-1-2-4-14(13)17-9-11-7-12(17)6-5-10(11)8-15(18)19/h1-4,10-12H,5-9H2,(H,18,19). The zero-order chi connectivity index (χ0) is 13.4. The highest BCUT2D eigenvalue weighted by atomic mass is 19.1. The summed E-state index contributed by atoms with van der Waals surface area (Å²) in [5, 5.41) is 8.95. The third-order valence-electron chi connectivity index (χ3n) is 4.58. The molecule has 1 heterocycles. The molecule has 1 aromatic carbocycles. The molecule has 1 aromatic rings. The molecule has 1 N–H and O–H groups in total. The van der Waals surface area contributed by atoms with Crippen molar-refractivity contribution in [3.05, 3.63) is 30.1 Å². The fourth-order valence-electron chi connectivity index (χ4n) is 3.68. The van der Waals surface area contributed by atoms with Gasteiger partial charge in [-0.3, -0.25) is 4.79 Å². The fraction of sp³-hybridized carbons (Fsp3) is 0.533. The lowest BCUT2D eigenvalue weighted by Crippen LogP contribution is -2.29. The topological polar surface area (TPSA) is 40.5 Å². The van der Waals surface area contributed by atoms with Crippen molar-refractivity contribution in [2.45, 2.75) is 31.7 Å². The lowest BCUT2D eigenvalue weighted by atomic mass is 9.78. The Balaban J connectivity index is 1.78. The zero-order valence-electron chi connectivity index (χ0n) is 10.8. The maximum absolute atomic E-state index is 13.9. The van der Waals surface area contributed by atoms with Crippen molar-refractivity contribution >= 4 is 11.7 Å². The van der Waals surface area contributed by atoms with E-state index in [0.717, 1.165) is 25.8 Å². The normalized spacial score (nSPS) is 29.5. The number of carboxylic acid groups (broad SMARTS) is 1. The molecular weight excluding hydrogens is 245 g/mol. The van der Waals surface area contributed by atoms with Gasteiger partial charge < -0.3 is 10.0 Å². The molecular formula is C15H18FNO2. The van der Waals surface area contributed by atoms with E-state index in [-0.39, 0.29) is 18.2 Å². The summed E-state index contributed by atoms with van der Waals surface area (Å²) in [5.41, 5.74) is 0.672. The van der Waals surface area contributed by atoms with Gasteiger partial charge in [-0.2, -0.15) is 0 Å². The quantitative estimate of drug-likeness (QED) is 0.911. The van der Waals surface area contributed by atoms with Gasteiger partial charge in [0.05, 0.1) is 5.69 Å². The number of aliphatic carboxylic acids is 1. The van der Waals surface area contributed by atoms with Crippen LogP contribution in [-0.4, -0.2) is 23.7 Å². The summed E-state index contributed by atoms with van der Waals surface area (Å²) in [6, 6.07) is 7.25. The molecule has 0 aromatic heterocycles. The summed E-state index contributed by atoms with van der Waals surface area (Å²) >= 11 is 0. The molecule has 3 atom stereocenters. The number of fused-ring (bicyclic) bond motifs is 2. The van der Waals surface area contributed by atoms with E-state index in [9.17, 15) is 9.18 Å². The van der Waals surface area contributed by atoms with E-state index in [1.165, 1.54) is 6.07 Å². The lowest BCUT2D eigenvalue weighted by molar-refractivity contribution is -0.138. The van der Waals surface area contributed by atoms with Crippen molar-refractivity contribution in [3.8, 4) is 0 Å². The molecule has 2 aliphatic rings. The summed E-state index contributed by atoms with van der Waals surface area (Å²) in [5.74, 6) is -0.238. The lowest BCUT2D eigenvalue weighted by Gasteiger charge is -2.28. The van der Waals surface area contributed by atoms with E-state index in [2.05, 4.69) is 4.90 Å². The predicted octanol–water partition coefficient (Wildman–Crippen LogP) is 2.91. The van der Waals surface area contributed by atoms with Gasteiger partial charge in [-0.1, -0.05) is 12.1 Å². The number of rotatable bonds is 3. The molecule has 2 bridgehead atoms. The predicted molar refractivity (Wildman–Crippen MR) is 70.6 cm³/mol. The summed E-state index contributed by atoms with van der Waals surface area (Å²) < 4.78 is 13.9. The molecule has 3 unspecified atom stereocenters. The molecule has 0 amide bonds. The number of hydrogen-bond donors (Lipinski definition) is 1. The number of para-hydroxylation sites is 1. The first kappa shape index (κ1) is 12.5. The van der Waals surface area contributed by atoms with Gasteiger partial charge in [0.2, 0.25) is 0 Å². The molecule has 3 nitrogen and oxygen atoms in total. The van der Waals surface area contributed by atoms with Gasteiger partial charge in [0.1, 0.15) is 5.82 Å². The number of halogens is 1. The van der Waals surface area contributed by atoms with E-state index < -0.39 is 5.97 Å². The first-order chi connectivity index (χ1) is 9.15. The van der Waals surface area contributed by atoms with Crippen LogP contribution in [0.5, 0.6) is 0 Å². The molecule has 0 radical (unpaired) electrons. The molecule has 4 heteroatoms. The first-order valence-electron chi connectivity index (χ1n) is 6.88. The Hall–Kier alpha value is -1.58. The Labute approximate surface area is 112 Å². The zero-order valence-corrected chi connectivity index (χ0v) is 10.8. The number of nitrogens with zero attached hydrogens (tertiary/aromatic N) is 1. The van der Waals surface area contributed by atoms with Gasteiger partial charge in [-0.05, 0) is 43.2 Å². The molecule has 1 saturated heterocycles. The molecule has 1 aliphatic carbocycles. The van der Waals surface area contributed by atoms with Gasteiger partial charge >= 0.3 is 5.97 Å². The summed E-state index contributed by atoms with van der Waals surface area (Å²) in [4.78, 5) is 13.0. The molecule has 3 rings (SSSR count). The van der Waals surface area contributed by atoms with Gasteiger partial charge in [-0.25, -0.2) is 4.39 Å². The van der Waals surface area contributed by atoms with E-state index in [1.54, 1.807) is 6.07 Å². The number of benzene rings is 1. The van der Waals surface area contributed by atoms with Gasteiger partial charge in [-0.15, -0.1) is 0 Å². The molecule has 2 fully saturated rings. The molecule has 102 valence electrons. The van der Waals surface area contributed by atoms with Crippen LogP contribution in [0.15, 0.2) is 24.3 Å². The SMILES string of the molecule is O=C(O)CC1CCC2CC1CN2c1ccccc1F. The highest BCUT2D eigenvalue weighted by Crippen LogP contribution is 2.43. The van der Waals surface area contributed by atoms with Crippen LogP contribution in [0.1, 0.15) is 25.7 Å². The van der Waals surface area contributed by atoms with Crippen molar-refractivity contribution in [1.82, 2.24) is 0 Å². The van der Waals surface area contributed by atoms with Crippen LogP contribution < -0.4 is 4.90 Å². The Morgan fingerprint density at radius 3 is 2.89 bits per heavy atom. The third kappa shape index (κ3) is 2.31. The Morgan fingerprint density at radius 2 is 2.16 bits per heavy atom. The monoisotopic (exact) mass is 263 g/mol. The number of carboxylic acids is 1. The minimum atomic E-state index is -0.715. The van der Waals surface area contributed by atoms with Crippen molar-refractivity contribution in [2.75, 3.05) is 11.4 Å². The van der Waals surface area contributed by atoms with Gasteiger partial charge in [0.25, 0.3) is 0 Å². The Morgan fingerprint density at radius 1 is 1.37 bits per heavy atom. The summed E-state index contributed by atoms with van der Waals surface area (Å²) in [7, 11) is 0. The Bertz CT molecular complexity index is 491. The van der Waals surface area contributed by atoms with Crippen LogP contribution in [0.25, 0.3) is 0 Å². The fourth-order valence-corrected chi connectivity index (χ4v) is 3.68. The van der Waals surface area contributed by atoms with Crippen LogP contribution in [0.3, 0.4) is 0 Å². The summed E-state index contributed by atoms with van der Waals surface area (Å²) in [6.45, 7) is 0.795. The second-order valence-corrected chi connectivity index (χ2v) is 5.69. The maximum Gasteiger partial charge on any atom is 0.303 e. The van der Waals surface area contributed by atoms with E-state index >= 15 is 0 Å². The van der Waals surface area contributed by atoms with E-state index in [4.69, 9.17) is 5.11 Å². The molecule has 1 saturated carbocycles. The van der Waals surface area contributed by atoms with Crippen LogP contribution in [0.2, 0.25) is 0 Å². The van der Waals surface area contributed by atoms with Crippen LogP contribution in [0.4, 0.5) is 10.1 Å². The van der Waals surface area contributed by atoms with E-state index in [0.29, 0.717) is 17.6 Å². The number of anilines is 1. The third-order valence-corrected chi connectivity index (χ3v) is 4.58. The second kappa shape index (κ2) is 4.83. The van der Waals surface area contributed by atoms with Crippen molar-refractivity contribution in [1.29, 1.82) is 0 Å². The highest BCUT2D eigenvalue weighted by Gasteiger charge is 2.41. The number of hydrogen-bond acceptors (Lipinski definition) is 2. The Kier molecular flexibility index (Phi) is 3.17. The van der Waals surface area contributed by atoms with E-state index in [1.807, 2.05) is 12.1 Å². The molecule has 19 heavy (non-hydrogen) atoms. The van der Waals surface area contributed by atoms with Crippen molar-refractivity contribution in [2.24, 2.45) is 11.8 Å². The molecule has 0 spiro atoms. The average molecular weight is 263 g/mol. The second-order valence-electron chi connectivity index (χ2n) is 5.69. The molecule has 1 aliphatic heterocycles. The first-order valence-corrected chi connectivity index (χ1v) is 6.88. The van der Waals surface area contributed by atoms with Gasteiger partial charge in [0.15, 0.2) is 0 Å². The smallest absolute Gasteiger partial charge is 0.303 e. The van der Waals surface area contributed by atoms with Gasteiger partial charge in [0, 0.05) is 19.0 Å². The average Bonchev–Trinajstić information content (AvgIpc) is 2.72. The highest BCUT2D eigenvalue weighted by molar-refractivity contribution is 5.67. The maximum atomic E-state index is 13.9. The van der Waals surface area contributed by atoms with Crippen LogP contribution in [-0.2, 0) is 4.79 Å². The van der Waals surface area contributed by atoms with Crippen LogP contribution in [0, 0.1) is 17.7 Å². The van der Waals surface area contributed by atoms with Crippen molar-refractivity contribution < 1.29 is 14.3 Å². The minimum absolute atomic E-state index is 0.176. The largest absolute Gasteiger partial charge is 0.481 e. The minimum Gasteiger partial charge on any atom is -0.481 e. The van der Waals surface area contributed by atoms with Crippen molar-refractivity contribution in [3.63, 3.8) is 0 Å². The number of carbonyl (C=O) groups is 1.